The number of aryl methyl sites for hydroxylation is 1. The van der Waals surface area contributed by atoms with Gasteiger partial charge in [0.15, 0.2) is 11.3 Å². The fourth-order valence-electron chi connectivity index (χ4n) is 3.92. The lowest BCUT2D eigenvalue weighted by atomic mass is 10.1. The Morgan fingerprint density at radius 2 is 1.94 bits per heavy atom. The summed E-state index contributed by atoms with van der Waals surface area (Å²) in [7, 11) is 3.62. The van der Waals surface area contributed by atoms with Gasteiger partial charge in [0.05, 0.1) is 16.8 Å². The SMILES string of the molecule is CC.CN1CC[C@@H](C#Cc2cccc(-n3nc(C(N)=O)c4cc(-c5ccn(C)n5)cnc43)c2)C1=O. The molecule has 3 aromatic heterocycles. The Balaban J connectivity index is 0.00000141. The van der Waals surface area contributed by atoms with E-state index in [1.807, 2.05) is 63.5 Å². The van der Waals surface area contributed by atoms with Crippen LogP contribution in [-0.4, -0.2) is 54.9 Å². The topological polar surface area (TPSA) is 112 Å². The molecule has 9 nitrogen and oxygen atoms in total. The molecule has 0 spiro atoms. The molecular weight excluding hydrogens is 442 g/mol. The van der Waals surface area contributed by atoms with Gasteiger partial charge in [-0.2, -0.15) is 10.2 Å². The lowest BCUT2D eigenvalue weighted by Gasteiger charge is -2.05. The average Bonchev–Trinajstić information content (AvgIpc) is 3.56. The highest BCUT2D eigenvalue weighted by molar-refractivity contribution is 6.04. The van der Waals surface area contributed by atoms with Crippen LogP contribution < -0.4 is 5.73 Å². The Hall–Kier alpha value is -4.45. The van der Waals surface area contributed by atoms with E-state index >= 15 is 0 Å². The Kier molecular flexibility index (Phi) is 6.64. The number of likely N-dealkylation sites (tertiary alicyclic amines) is 1. The van der Waals surface area contributed by atoms with E-state index in [1.54, 1.807) is 27.5 Å². The molecule has 1 aliphatic rings. The van der Waals surface area contributed by atoms with Crippen LogP contribution in [0.25, 0.3) is 28.0 Å². The third-order valence-corrected chi connectivity index (χ3v) is 5.67. The number of primary amides is 1. The molecule has 2 N–H and O–H groups in total. The number of aromatic nitrogens is 5. The van der Waals surface area contributed by atoms with Gasteiger partial charge in [0.1, 0.15) is 5.92 Å². The standard InChI is InChI=1S/C24H21N7O2.C2H6/c1-29-10-8-16(24(29)33)7-6-15-4-3-5-18(12-15)31-23-19(21(28-31)22(25)32)13-17(14-26-23)20-9-11-30(2)27-20;1-2/h3-5,9,11-14,16H,8,10H2,1-2H3,(H2,25,32);1-2H3/t16-;/m1./s1. The number of hydrogen-bond donors (Lipinski definition) is 1. The van der Waals surface area contributed by atoms with Gasteiger partial charge in [-0.05, 0) is 36.8 Å². The molecule has 4 aromatic rings. The van der Waals surface area contributed by atoms with Crippen LogP contribution in [0, 0.1) is 17.8 Å². The van der Waals surface area contributed by atoms with Gasteiger partial charge in [-0.25, -0.2) is 9.67 Å². The van der Waals surface area contributed by atoms with Crippen molar-refractivity contribution < 1.29 is 9.59 Å². The van der Waals surface area contributed by atoms with Gasteiger partial charge in [-0.1, -0.05) is 31.8 Å². The quantitative estimate of drug-likeness (QED) is 0.464. The number of amides is 2. The minimum Gasteiger partial charge on any atom is -0.364 e. The predicted octanol–water partition coefficient (Wildman–Crippen LogP) is 2.78. The van der Waals surface area contributed by atoms with Crippen molar-refractivity contribution in [2.24, 2.45) is 18.7 Å². The summed E-state index contributed by atoms with van der Waals surface area (Å²) in [5.74, 6) is 5.30. The molecule has 0 aliphatic carbocycles. The molecule has 2 amide bonds. The number of fused-ring (bicyclic) bond motifs is 1. The first-order chi connectivity index (χ1) is 16.9. The zero-order valence-corrected chi connectivity index (χ0v) is 20.2. The molecule has 5 rings (SSSR count). The summed E-state index contributed by atoms with van der Waals surface area (Å²) in [6, 6.07) is 11.1. The van der Waals surface area contributed by atoms with E-state index in [-0.39, 0.29) is 17.5 Å². The summed E-state index contributed by atoms with van der Waals surface area (Å²) in [5.41, 5.74) is 9.17. The Labute approximate surface area is 203 Å². The normalized spacial score (nSPS) is 14.9. The largest absolute Gasteiger partial charge is 0.364 e. The third-order valence-electron chi connectivity index (χ3n) is 5.67. The number of hydrogen-bond acceptors (Lipinski definition) is 5. The fourth-order valence-corrected chi connectivity index (χ4v) is 3.92. The number of pyridine rings is 1. The Morgan fingerprint density at radius 1 is 1.14 bits per heavy atom. The second kappa shape index (κ2) is 9.81. The predicted molar refractivity (Wildman–Crippen MR) is 134 cm³/mol. The number of nitrogens with two attached hydrogens (primary N) is 1. The van der Waals surface area contributed by atoms with Crippen molar-refractivity contribution in [3.05, 3.63) is 60.0 Å². The number of nitrogens with zero attached hydrogens (tertiary/aromatic N) is 6. The average molecular weight is 470 g/mol. The maximum absolute atomic E-state index is 12.1. The van der Waals surface area contributed by atoms with Crippen molar-refractivity contribution in [1.29, 1.82) is 0 Å². The summed E-state index contributed by atoms with van der Waals surface area (Å²) in [6.07, 6.45) is 4.26. The van der Waals surface area contributed by atoms with E-state index < -0.39 is 5.91 Å². The van der Waals surface area contributed by atoms with Gasteiger partial charge in [0.2, 0.25) is 5.91 Å². The lowest BCUT2D eigenvalue weighted by molar-refractivity contribution is -0.128. The minimum absolute atomic E-state index is 0.0516. The maximum Gasteiger partial charge on any atom is 0.269 e. The first kappa shape index (κ1) is 23.7. The highest BCUT2D eigenvalue weighted by Gasteiger charge is 2.27. The highest BCUT2D eigenvalue weighted by atomic mass is 16.2. The van der Waals surface area contributed by atoms with E-state index in [0.29, 0.717) is 16.7 Å². The fraction of sp³-hybridized carbons (Fsp3) is 0.269. The first-order valence-corrected chi connectivity index (χ1v) is 11.5. The zero-order chi connectivity index (χ0) is 25.1. The van der Waals surface area contributed by atoms with E-state index in [9.17, 15) is 9.59 Å². The van der Waals surface area contributed by atoms with Gasteiger partial charge in [0, 0.05) is 44.2 Å². The first-order valence-electron chi connectivity index (χ1n) is 11.5. The molecule has 178 valence electrons. The summed E-state index contributed by atoms with van der Waals surface area (Å²) in [6.45, 7) is 4.72. The van der Waals surface area contributed by atoms with Crippen LogP contribution >= 0.6 is 0 Å². The highest BCUT2D eigenvalue weighted by Crippen LogP contribution is 2.26. The molecule has 1 saturated heterocycles. The molecule has 0 saturated carbocycles. The summed E-state index contributed by atoms with van der Waals surface area (Å²) >= 11 is 0. The number of carbonyl (C=O) groups is 2. The lowest BCUT2D eigenvalue weighted by Crippen LogP contribution is -2.21. The van der Waals surface area contributed by atoms with Crippen LogP contribution in [0.5, 0.6) is 0 Å². The van der Waals surface area contributed by atoms with Crippen LogP contribution in [0.15, 0.2) is 48.8 Å². The van der Waals surface area contributed by atoms with Gasteiger partial charge >= 0.3 is 0 Å². The van der Waals surface area contributed by atoms with Crippen molar-refractivity contribution in [1.82, 2.24) is 29.4 Å². The van der Waals surface area contributed by atoms with E-state index in [0.717, 1.165) is 29.8 Å². The second-order valence-electron chi connectivity index (χ2n) is 8.02. The smallest absolute Gasteiger partial charge is 0.269 e. The Morgan fingerprint density at radius 3 is 2.60 bits per heavy atom. The van der Waals surface area contributed by atoms with E-state index in [2.05, 4.69) is 27.0 Å². The zero-order valence-electron chi connectivity index (χ0n) is 20.2. The number of carbonyl (C=O) groups excluding carboxylic acids is 2. The van der Waals surface area contributed by atoms with Gasteiger partial charge < -0.3 is 10.6 Å². The molecule has 0 radical (unpaired) electrons. The van der Waals surface area contributed by atoms with Crippen molar-refractivity contribution in [3.8, 4) is 28.8 Å². The van der Waals surface area contributed by atoms with Crippen LogP contribution in [0.3, 0.4) is 0 Å². The summed E-state index contributed by atoms with van der Waals surface area (Å²) < 4.78 is 3.28. The molecule has 1 aliphatic heterocycles. The minimum atomic E-state index is -0.640. The van der Waals surface area contributed by atoms with Crippen LogP contribution in [0.1, 0.15) is 36.3 Å². The molecule has 0 bridgehead atoms. The molecule has 35 heavy (non-hydrogen) atoms. The number of rotatable bonds is 3. The van der Waals surface area contributed by atoms with Crippen molar-refractivity contribution in [2.75, 3.05) is 13.6 Å². The van der Waals surface area contributed by atoms with Gasteiger partial charge in [-0.15, -0.1) is 0 Å². The van der Waals surface area contributed by atoms with Crippen molar-refractivity contribution in [3.63, 3.8) is 0 Å². The van der Waals surface area contributed by atoms with Crippen LogP contribution in [0.2, 0.25) is 0 Å². The van der Waals surface area contributed by atoms with E-state index in [4.69, 9.17) is 5.73 Å². The molecule has 1 aromatic carbocycles. The summed E-state index contributed by atoms with van der Waals surface area (Å²) in [5, 5.41) is 9.38. The molecular formula is C26H27N7O2. The maximum atomic E-state index is 12.1. The third kappa shape index (κ3) is 4.64. The van der Waals surface area contributed by atoms with E-state index in [1.165, 1.54) is 0 Å². The van der Waals surface area contributed by atoms with Gasteiger partial charge in [-0.3, -0.25) is 14.3 Å². The van der Waals surface area contributed by atoms with Crippen molar-refractivity contribution in [2.45, 2.75) is 20.3 Å². The molecule has 4 heterocycles. The second-order valence-corrected chi connectivity index (χ2v) is 8.02. The summed E-state index contributed by atoms with van der Waals surface area (Å²) in [4.78, 5) is 30.5. The van der Waals surface area contributed by atoms with Crippen molar-refractivity contribution >= 4 is 22.8 Å². The molecule has 1 fully saturated rings. The molecule has 1 atom stereocenters. The van der Waals surface area contributed by atoms with Gasteiger partial charge in [0.25, 0.3) is 5.91 Å². The Bertz CT molecular complexity index is 1470. The molecule has 0 unspecified atom stereocenters. The number of benzene rings is 1. The molecule has 9 heteroatoms. The monoisotopic (exact) mass is 469 g/mol. The van der Waals surface area contributed by atoms with Crippen LogP contribution in [0.4, 0.5) is 0 Å². The van der Waals surface area contributed by atoms with Crippen LogP contribution in [-0.2, 0) is 11.8 Å².